The number of carbonyl (C=O) groups excluding carboxylic acids is 1. The van der Waals surface area contributed by atoms with E-state index in [0.29, 0.717) is 18.0 Å². The van der Waals surface area contributed by atoms with Crippen LogP contribution in [0.5, 0.6) is 0 Å². The summed E-state index contributed by atoms with van der Waals surface area (Å²) in [5.74, 6) is -0.389. The van der Waals surface area contributed by atoms with Gasteiger partial charge in [-0.05, 0) is 38.8 Å². The Labute approximate surface area is 101 Å². The highest BCUT2D eigenvalue weighted by atomic mass is 16.5. The van der Waals surface area contributed by atoms with Crippen LogP contribution in [0.25, 0.3) is 0 Å². The van der Waals surface area contributed by atoms with Crippen LogP contribution in [0.1, 0.15) is 32.0 Å². The quantitative estimate of drug-likeness (QED) is 0.730. The van der Waals surface area contributed by atoms with E-state index in [9.17, 15) is 4.79 Å². The van der Waals surface area contributed by atoms with Gasteiger partial charge in [0.1, 0.15) is 0 Å². The van der Waals surface area contributed by atoms with Crippen LogP contribution >= 0.6 is 0 Å². The maximum Gasteiger partial charge on any atom is 0.358 e. The molecule has 0 N–H and O–H groups in total. The van der Waals surface area contributed by atoms with Gasteiger partial charge in [0.15, 0.2) is 5.71 Å². The zero-order chi connectivity index (χ0) is 12.5. The molecular weight excluding hydrogens is 216 g/mol. The molecule has 1 aliphatic rings. The molecule has 0 saturated heterocycles. The van der Waals surface area contributed by atoms with Gasteiger partial charge in [-0.2, -0.15) is 0 Å². The molecule has 90 valence electrons. The summed E-state index contributed by atoms with van der Waals surface area (Å²) in [7, 11) is 0. The van der Waals surface area contributed by atoms with Crippen molar-refractivity contribution in [3.63, 3.8) is 0 Å². The number of aliphatic imine (C=N–C) groups is 1. The number of ether oxygens (including phenoxy) is 1. The van der Waals surface area contributed by atoms with Crippen LogP contribution in [0, 0.1) is 0 Å². The number of rotatable bonds is 2. The van der Waals surface area contributed by atoms with Gasteiger partial charge in [0.05, 0.1) is 17.8 Å². The zero-order valence-electron chi connectivity index (χ0n) is 10.4. The third kappa shape index (κ3) is 2.35. The van der Waals surface area contributed by atoms with Crippen molar-refractivity contribution in [3.8, 4) is 0 Å². The van der Waals surface area contributed by atoms with E-state index in [4.69, 9.17) is 4.74 Å². The minimum absolute atomic E-state index is 0.280. The highest BCUT2D eigenvalue weighted by Gasteiger charge is 2.31. The standard InChI is InChI=1S/C13H16N2O2/c1-4-17-12(16)11-10-9(6-5-7-14-10)8-13(2,3)15-11/h5-7H,4,8H2,1-3H3. The molecule has 0 radical (unpaired) electrons. The van der Waals surface area contributed by atoms with Crippen molar-refractivity contribution in [2.45, 2.75) is 32.7 Å². The van der Waals surface area contributed by atoms with Crippen LogP contribution in [0.3, 0.4) is 0 Å². The lowest BCUT2D eigenvalue weighted by molar-refractivity contribution is -0.135. The molecule has 0 aliphatic carbocycles. The molecule has 2 rings (SSSR count). The van der Waals surface area contributed by atoms with Gasteiger partial charge in [0.2, 0.25) is 0 Å². The highest BCUT2D eigenvalue weighted by molar-refractivity contribution is 6.43. The minimum Gasteiger partial charge on any atom is -0.461 e. The maximum absolute atomic E-state index is 11.9. The largest absolute Gasteiger partial charge is 0.461 e. The van der Waals surface area contributed by atoms with Gasteiger partial charge in [-0.1, -0.05) is 6.07 Å². The number of hydrogen-bond donors (Lipinski definition) is 0. The fraction of sp³-hybridized carbons (Fsp3) is 0.462. The summed E-state index contributed by atoms with van der Waals surface area (Å²) in [5.41, 5.74) is 1.78. The number of carbonyl (C=O) groups is 1. The van der Waals surface area contributed by atoms with Crippen molar-refractivity contribution in [2.75, 3.05) is 6.61 Å². The summed E-state index contributed by atoms with van der Waals surface area (Å²) < 4.78 is 5.02. The third-order valence-corrected chi connectivity index (χ3v) is 2.62. The molecule has 1 aromatic rings. The van der Waals surface area contributed by atoms with Crippen molar-refractivity contribution in [1.29, 1.82) is 0 Å². The van der Waals surface area contributed by atoms with Crippen molar-refractivity contribution in [3.05, 3.63) is 29.6 Å². The molecule has 0 saturated carbocycles. The fourth-order valence-electron chi connectivity index (χ4n) is 2.00. The fourth-order valence-corrected chi connectivity index (χ4v) is 2.00. The number of pyridine rings is 1. The van der Waals surface area contributed by atoms with Crippen LogP contribution < -0.4 is 0 Å². The molecule has 4 heteroatoms. The van der Waals surface area contributed by atoms with Gasteiger partial charge in [0.25, 0.3) is 0 Å². The van der Waals surface area contributed by atoms with Crippen molar-refractivity contribution >= 4 is 11.7 Å². The molecule has 2 heterocycles. The summed E-state index contributed by atoms with van der Waals surface area (Å²) in [6.45, 7) is 6.14. The number of fused-ring (bicyclic) bond motifs is 1. The third-order valence-electron chi connectivity index (χ3n) is 2.62. The number of hydrogen-bond acceptors (Lipinski definition) is 4. The Bertz CT molecular complexity index is 478. The Balaban J connectivity index is 2.47. The summed E-state index contributed by atoms with van der Waals surface area (Å²) in [6.07, 6.45) is 2.46. The average molecular weight is 232 g/mol. The van der Waals surface area contributed by atoms with E-state index in [1.54, 1.807) is 13.1 Å². The first kappa shape index (κ1) is 11.8. The lowest BCUT2D eigenvalue weighted by Gasteiger charge is -2.27. The summed E-state index contributed by atoms with van der Waals surface area (Å²) in [5, 5.41) is 0. The van der Waals surface area contributed by atoms with E-state index in [2.05, 4.69) is 9.98 Å². The van der Waals surface area contributed by atoms with Crippen molar-refractivity contribution < 1.29 is 9.53 Å². The van der Waals surface area contributed by atoms with Gasteiger partial charge >= 0.3 is 5.97 Å². The molecule has 1 aromatic heterocycles. The highest BCUT2D eigenvalue weighted by Crippen LogP contribution is 2.25. The van der Waals surface area contributed by atoms with E-state index in [1.165, 1.54) is 0 Å². The maximum atomic E-state index is 11.9. The minimum atomic E-state index is -0.389. The zero-order valence-corrected chi connectivity index (χ0v) is 10.4. The van der Waals surface area contributed by atoms with Gasteiger partial charge in [-0.25, -0.2) is 4.79 Å². The number of esters is 1. The molecule has 0 unspecified atom stereocenters. The molecule has 0 amide bonds. The second kappa shape index (κ2) is 4.28. The first-order chi connectivity index (χ1) is 8.03. The summed E-state index contributed by atoms with van der Waals surface area (Å²) in [6, 6.07) is 3.86. The Morgan fingerprint density at radius 2 is 2.29 bits per heavy atom. The Hall–Kier alpha value is -1.71. The van der Waals surface area contributed by atoms with Crippen LogP contribution in [-0.4, -0.2) is 28.8 Å². The van der Waals surface area contributed by atoms with Crippen LogP contribution in [0.4, 0.5) is 0 Å². The van der Waals surface area contributed by atoms with Crippen LogP contribution in [0.2, 0.25) is 0 Å². The monoisotopic (exact) mass is 232 g/mol. The Kier molecular flexibility index (Phi) is 2.96. The molecule has 1 aliphatic heterocycles. The normalized spacial score (nSPS) is 17.0. The van der Waals surface area contributed by atoms with E-state index in [1.807, 2.05) is 26.0 Å². The summed E-state index contributed by atoms with van der Waals surface area (Å²) in [4.78, 5) is 20.5. The molecule has 0 fully saturated rings. The molecule has 4 nitrogen and oxygen atoms in total. The van der Waals surface area contributed by atoms with E-state index >= 15 is 0 Å². The molecule has 0 spiro atoms. The summed E-state index contributed by atoms with van der Waals surface area (Å²) >= 11 is 0. The molecule has 0 bridgehead atoms. The first-order valence-electron chi connectivity index (χ1n) is 5.75. The Morgan fingerprint density at radius 3 is 3.00 bits per heavy atom. The van der Waals surface area contributed by atoms with Crippen LogP contribution in [0.15, 0.2) is 23.3 Å². The van der Waals surface area contributed by atoms with Gasteiger partial charge in [-0.15, -0.1) is 0 Å². The lowest BCUT2D eigenvalue weighted by Crippen LogP contribution is -2.34. The van der Waals surface area contributed by atoms with E-state index in [-0.39, 0.29) is 11.5 Å². The van der Waals surface area contributed by atoms with Gasteiger partial charge < -0.3 is 4.74 Å². The van der Waals surface area contributed by atoms with E-state index in [0.717, 1.165) is 12.0 Å². The second-order valence-electron chi connectivity index (χ2n) is 4.68. The van der Waals surface area contributed by atoms with Crippen LogP contribution in [-0.2, 0) is 16.0 Å². The Morgan fingerprint density at radius 1 is 1.53 bits per heavy atom. The second-order valence-corrected chi connectivity index (χ2v) is 4.68. The SMILES string of the molecule is CCOC(=O)C1=NC(C)(C)Cc2cccnc21. The predicted octanol–water partition coefficient (Wildman–Crippen LogP) is 1.77. The lowest BCUT2D eigenvalue weighted by atomic mass is 9.89. The molecule has 0 aromatic carbocycles. The van der Waals surface area contributed by atoms with Crippen molar-refractivity contribution in [2.24, 2.45) is 4.99 Å². The topological polar surface area (TPSA) is 51.5 Å². The number of aromatic nitrogens is 1. The van der Waals surface area contributed by atoms with E-state index < -0.39 is 0 Å². The van der Waals surface area contributed by atoms with Gasteiger partial charge in [0, 0.05) is 6.20 Å². The molecule has 17 heavy (non-hydrogen) atoms. The molecular formula is C13H16N2O2. The van der Waals surface area contributed by atoms with Gasteiger partial charge in [-0.3, -0.25) is 9.98 Å². The first-order valence-corrected chi connectivity index (χ1v) is 5.75. The van der Waals surface area contributed by atoms with Crippen molar-refractivity contribution in [1.82, 2.24) is 4.98 Å². The predicted molar refractivity (Wildman–Crippen MR) is 65.2 cm³/mol. The molecule has 0 atom stereocenters. The average Bonchev–Trinajstić information content (AvgIpc) is 2.27. The number of nitrogens with zero attached hydrogens (tertiary/aromatic N) is 2. The smallest absolute Gasteiger partial charge is 0.358 e.